The Morgan fingerprint density at radius 1 is 1.33 bits per heavy atom. The van der Waals surface area contributed by atoms with E-state index in [1.54, 1.807) is 6.07 Å². The quantitative estimate of drug-likeness (QED) is 0.586. The van der Waals surface area contributed by atoms with Crippen molar-refractivity contribution in [2.75, 3.05) is 0 Å². The third-order valence-corrected chi connectivity index (χ3v) is 1.22. The van der Waals surface area contributed by atoms with Gasteiger partial charge in [-0.2, -0.15) is 18.4 Å². The Labute approximate surface area is 67.1 Å². The summed E-state index contributed by atoms with van der Waals surface area (Å²) in [4.78, 5) is 0. The predicted octanol–water partition coefficient (Wildman–Crippen LogP) is 2.38. The van der Waals surface area contributed by atoms with Crippen LogP contribution in [-0.4, -0.2) is 0 Å². The Morgan fingerprint density at radius 2 is 2.00 bits per heavy atom. The molecule has 12 heavy (non-hydrogen) atoms. The maximum atomic E-state index is 12.0. The van der Waals surface area contributed by atoms with Crippen LogP contribution in [0.1, 0.15) is 11.1 Å². The largest absolute Gasteiger partial charge is 0.417 e. The van der Waals surface area contributed by atoms with Crippen LogP contribution >= 0.6 is 0 Å². The van der Waals surface area contributed by atoms with Gasteiger partial charge in [-0.25, -0.2) is 0 Å². The van der Waals surface area contributed by atoms with Gasteiger partial charge in [-0.1, -0.05) is 6.07 Å². The molecule has 1 nitrogen and oxygen atoms in total. The highest BCUT2D eigenvalue weighted by Crippen LogP contribution is 2.28. The van der Waals surface area contributed by atoms with Crippen molar-refractivity contribution in [3.05, 3.63) is 35.4 Å². The van der Waals surface area contributed by atoms with E-state index in [2.05, 4.69) is 0 Å². The number of alkyl halides is 3. The van der Waals surface area contributed by atoms with Crippen LogP contribution in [0.15, 0.2) is 18.2 Å². The predicted molar refractivity (Wildman–Crippen MR) is 35.0 cm³/mol. The summed E-state index contributed by atoms with van der Waals surface area (Å²) in [5, 5.41) is 8.28. The number of nitriles is 1. The number of hydrogen-bond acceptors (Lipinski definition) is 1. The van der Waals surface area contributed by atoms with Crippen molar-refractivity contribution in [2.45, 2.75) is 6.18 Å². The molecule has 1 aromatic rings. The molecule has 1 radical (unpaired) electrons. The molecular weight excluding hydrogens is 167 g/mol. The second-order valence-corrected chi connectivity index (χ2v) is 2.09. The first-order chi connectivity index (χ1) is 5.54. The minimum atomic E-state index is -4.42. The Morgan fingerprint density at radius 3 is 2.50 bits per heavy atom. The van der Waals surface area contributed by atoms with Gasteiger partial charge in [0.1, 0.15) is 0 Å². The van der Waals surface area contributed by atoms with Gasteiger partial charge in [0.15, 0.2) is 0 Å². The van der Waals surface area contributed by atoms with Crippen molar-refractivity contribution in [3.63, 3.8) is 0 Å². The van der Waals surface area contributed by atoms with Crippen LogP contribution in [0.4, 0.5) is 13.2 Å². The summed E-state index contributed by atoms with van der Waals surface area (Å²) in [6, 6.07) is 6.86. The maximum Gasteiger partial charge on any atom is 0.417 e. The second-order valence-electron chi connectivity index (χ2n) is 2.09. The molecule has 4 heteroatoms. The molecule has 0 saturated heterocycles. The van der Waals surface area contributed by atoms with Crippen LogP contribution < -0.4 is 0 Å². The summed E-state index contributed by atoms with van der Waals surface area (Å²) < 4.78 is 35.9. The topological polar surface area (TPSA) is 23.8 Å². The molecule has 0 amide bonds. The first-order valence-corrected chi connectivity index (χ1v) is 3.03. The molecular formula is C8H3F3N. The van der Waals surface area contributed by atoms with Crippen LogP contribution in [0.5, 0.6) is 0 Å². The average Bonchev–Trinajstić information content (AvgIpc) is 2.03. The third kappa shape index (κ3) is 1.76. The number of nitrogens with zero attached hydrogens (tertiary/aromatic N) is 1. The fourth-order valence-electron chi connectivity index (χ4n) is 0.700. The fourth-order valence-corrected chi connectivity index (χ4v) is 0.700. The SMILES string of the molecule is N#Cc1[c]c(C(F)(F)F)ccc1. The third-order valence-electron chi connectivity index (χ3n) is 1.22. The minimum absolute atomic E-state index is 0.107. The molecule has 0 unspecified atom stereocenters. The van der Waals surface area contributed by atoms with E-state index in [1.165, 1.54) is 12.1 Å². The van der Waals surface area contributed by atoms with Crippen molar-refractivity contribution in [1.29, 1.82) is 5.26 Å². The van der Waals surface area contributed by atoms with Gasteiger partial charge < -0.3 is 0 Å². The van der Waals surface area contributed by atoms with E-state index < -0.39 is 11.7 Å². The summed E-state index contributed by atoms with van der Waals surface area (Å²) in [6.07, 6.45) is -4.42. The number of hydrogen-bond donors (Lipinski definition) is 0. The summed E-state index contributed by atoms with van der Waals surface area (Å²) in [5.41, 5.74) is -1.02. The van der Waals surface area contributed by atoms with Gasteiger partial charge in [-0.15, -0.1) is 0 Å². The lowest BCUT2D eigenvalue weighted by atomic mass is 10.1. The normalized spacial score (nSPS) is 10.8. The Hall–Kier alpha value is -1.50. The monoisotopic (exact) mass is 170 g/mol. The number of rotatable bonds is 0. The lowest BCUT2D eigenvalue weighted by Gasteiger charge is -2.04. The van der Waals surface area contributed by atoms with E-state index in [4.69, 9.17) is 5.26 Å². The molecule has 0 heterocycles. The van der Waals surface area contributed by atoms with Gasteiger partial charge in [-0.3, -0.25) is 0 Å². The fraction of sp³-hybridized carbons (Fsp3) is 0.125. The molecule has 0 aliphatic carbocycles. The molecule has 0 saturated carbocycles. The second kappa shape index (κ2) is 2.86. The van der Waals surface area contributed by atoms with Crippen molar-refractivity contribution in [1.82, 2.24) is 0 Å². The van der Waals surface area contributed by atoms with Gasteiger partial charge in [0.05, 0.1) is 17.2 Å². The molecule has 1 aromatic carbocycles. The van der Waals surface area contributed by atoms with E-state index in [1.807, 2.05) is 6.07 Å². The van der Waals surface area contributed by atoms with Gasteiger partial charge in [-0.05, 0) is 12.1 Å². The first-order valence-electron chi connectivity index (χ1n) is 3.03. The molecule has 0 N–H and O–H groups in total. The highest BCUT2D eigenvalue weighted by molar-refractivity contribution is 5.32. The summed E-state index contributed by atoms with van der Waals surface area (Å²) in [6.45, 7) is 0. The summed E-state index contributed by atoms with van der Waals surface area (Å²) in [5.74, 6) is 0. The molecule has 0 atom stereocenters. The molecule has 0 spiro atoms. The number of halogens is 3. The van der Waals surface area contributed by atoms with E-state index in [-0.39, 0.29) is 5.56 Å². The van der Waals surface area contributed by atoms with Gasteiger partial charge >= 0.3 is 6.18 Å². The summed E-state index contributed by atoms with van der Waals surface area (Å²) >= 11 is 0. The van der Waals surface area contributed by atoms with Crippen molar-refractivity contribution >= 4 is 0 Å². The zero-order chi connectivity index (χ0) is 9.19. The van der Waals surface area contributed by atoms with Crippen LogP contribution in [0.3, 0.4) is 0 Å². The molecule has 0 aliphatic heterocycles. The maximum absolute atomic E-state index is 12.0. The molecule has 0 aliphatic rings. The van der Waals surface area contributed by atoms with Gasteiger partial charge in [0.25, 0.3) is 0 Å². The van der Waals surface area contributed by atoms with E-state index >= 15 is 0 Å². The lowest BCUT2D eigenvalue weighted by molar-refractivity contribution is -0.137. The van der Waals surface area contributed by atoms with Crippen molar-refractivity contribution in [2.24, 2.45) is 0 Å². The number of benzene rings is 1. The zero-order valence-corrected chi connectivity index (χ0v) is 5.81. The molecule has 61 valence electrons. The Bertz CT molecular complexity index is 322. The first kappa shape index (κ1) is 8.60. The molecule has 1 rings (SSSR count). The van der Waals surface area contributed by atoms with E-state index in [0.29, 0.717) is 0 Å². The average molecular weight is 170 g/mol. The van der Waals surface area contributed by atoms with Gasteiger partial charge in [0.2, 0.25) is 0 Å². The van der Waals surface area contributed by atoms with Crippen LogP contribution in [0, 0.1) is 17.4 Å². The van der Waals surface area contributed by atoms with Crippen molar-refractivity contribution in [3.8, 4) is 6.07 Å². The van der Waals surface area contributed by atoms with Crippen LogP contribution in [0.2, 0.25) is 0 Å². The van der Waals surface area contributed by atoms with E-state index in [9.17, 15) is 13.2 Å². The highest BCUT2D eigenvalue weighted by atomic mass is 19.4. The standard InChI is InChI=1S/C8H3F3N/c9-8(10,11)7-3-1-2-6(4-7)5-12/h1-3H. The highest BCUT2D eigenvalue weighted by Gasteiger charge is 2.30. The van der Waals surface area contributed by atoms with Crippen LogP contribution in [0.25, 0.3) is 0 Å². The van der Waals surface area contributed by atoms with Crippen LogP contribution in [-0.2, 0) is 6.18 Å². The zero-order valence-electron chi connectivity index (χ0n) is 5.81. The van der Waals surface area contributed by atoms with E-state index in [0.717, 1.165) is 6.07 Å². The Balaban J connectivity index is 3.13. The smallest absolute Gasteiger partial charge is 0.192 e. The van der Waals surface area contributed by atoms with Crippen molar-refractivity contribution < 1.29 is 13.2 Å². The molecule has 0 bridgehead atoms. The lowest BCUT2D eigenvalue weighted by Crippen LogP contribution is -2.04. The van der Waals surface area contributed by atoms with Gasteiger partial charge in [0, 0.05) is 6.07 Å². The minimum Gasteiger partial charge on any atom is -0.192 e. The molecule has 0 fully saturated rings. The molecule has 0 aromatic heterocycles. The summed E-state index contributed by atoms with van der Waals surface area (Å²) in [7, 11) is 0. The Kier molecular flexibility index (Phi) is 2.05.